The van der Waals surface area contributed by atoms with Crippen LogP contribution in [0.4, 0.5) is 0 Å². The lowest BCUT2D eigenvalue weighted by atomic mass is 10.7. The number of halogens is 2. The van der Waals surface area contributed by atoms with Gasteiger partial charge in [0, 0.05) is 13.8 Å². The van der Waals surface area contributed by atoms with Crippen molar-refractivity contribution in [2.75, 3.05) is 0 Å². The number of hydrogen-bond acceptors (Lipinski definition) is 3. The molecule has 0 fully saturated rings. The van der Waals surface area contributed by atoms with Gasteiger partial charge in [0.25, 0.3) is 0 Å². The first-order chi connectivity index (χ1) is 3.13. The zero-order valence-corrected chi connectivity index (χ0v) is 6.67. The Morgan fingerprint density at radius 3 is 1.22 bits per heavy atom. The lowest BCUT2D eigenvalue weighted by Crippen LogP contribution is -2.03. The predicted molar refractivity (Wildman–Crippen MR) is 36.9 cm³/mol. The van der Waals surface area contributed by atoms with Gasteiger partial charge in [-0.3, -0.25) is 9.59 Å². The number of esters is 2. The number of rotatable bonds is 0. The van der Waals surface area contributed by atoms with Gasteiger partial charge >= 0.3 is 11.9 Å². The molecule has 0 atom stereocenters. The quantitative estimate of drug-likeness (QED) is 0.406. The number of carbonyl (C=O) groups is 2. The zero-order chi connectivity index (χ0) is 5.86. The number of ether oxygens (including phenoxy) is 1. The van der Waals surface area contributed by atoms with Gasteiger partial charge in [-0.05, 0) is 0 Å². The van der Waals surface area contributed by atoms with Crippen LogP contribution in [0.3, 0.4) is 0 Å². The van der Waals surface area contributed by atoms with Gasteiger partial charge in [0.05, 0.1) is 0 Å². The van der Waals surface area contributed by atoms with E-state index in [9.17, 15) is 9.59 Å². The summed E-state index contributed by atoms with van der Waals surface area (Å²) in [6.07, 6.45) is 0. The van der Waals surface area contributed by atoms with Gasteiger partial charge in [0.15, 0.2) is 0 Å². The first kappa shape index (κ1) is 15.9. The number of carbonyl (C=O) groups excluding carboxylic acids is 2. The summed E-state index contributed by atoms with van der Waals surface area (Å²) in [5, 5.41) is 0. The van der Waals surface area contributed by atoms with E-state index in [-0.39, 0.29) is 24.8 Å². The Morgan fingerprint density at radius 1 is 1.00 bits per heavy atom. The molecule has 56 valence electrons. The maximum atomic E-state index is 9.81. The van der Waals surface area contributed by atoms with E-state index in [1.54, 1.807) is 0 Å². The molecule has 0 aromatic carbocycles. The van der Waals surface area contributed by atoms with Gasteiger partial charge in [-0.25, -0.2) is 0 Å². The molecule has 9 heavy (non-hydrogen) atoms. The fourth-order valence-corrected chi connectivity index (χ4v) is 0.202. The molecule has 0 bridgehead atoms. The van der Waals surface area contributed by atoms with Gasteiger partial charge in [0.1, 0.15) is 0 Å². The van der Waals surface area contributed by atoms with Gasteiger partial charge in [-0.15, -0.1) is 24.8 Å². The maximum Gasteiger partial charge on any atom is 0.310 e. The fraction of sp³-hybridized carbons (Fsp3) is 0.500. The van der Waals surface area contributed by atoms with Crippen molar-refractivity contribution < 1.29 is 14.3 Å². The third-order valence-electron chi connectivity index (χ3n) is 0.287. The molecule has 0 aromatic rings. The Labute approximate surface area is 65.6 Å². The highest BCUT2D eigenvalue weighted by Gasteiger charge is 1.93. The molecule has 0 radical (unpaired) electrons. The van der Waals surface area contributed by atoms with Crippen LogP contribution < -0.4 is 0 Å². The van der Waals surface area contributed by atoms with Crippen LogP contribution in [0.15, 0.2) is 0 Å². The molecule has 3 nitrogen and oxygen atoms in total. The van der Waals surface area contributed by atoms with Crippen LogP contribution in [0, 0.1) is 0 Å². The molecule has 0 saturated heterocycles. The molecule has 0 rings (SSSR count). The standard InChI is InChI=1S/C4H6O3.2ClH/c1-3(5)7-4(2)6;;/h1-2H3;2*1H. The molecular formula is C4H8Cl2O3. The third kappa shape index (κ3) is 18.3. The highest BCUT2D eigenvalue weighted by molar-refractivity contribution is 5.85. The van der Waals surface area contributed by atoms with Crippen LogP contribution in [0.1, 0.15) is 13.8 Å². The molecule has 0 aliphatic carbocycles. The van der Waals surface area contributed by atoms with E-state index < -0.39 is 11.9 Å². The molecular weight excluding hydrogens is 167 g/mol. The molecule has 0 saturated carbocycles. The Hall–Kier alpha value is -0.280. The summed E-state index contributed by atoms with van der Waals surface area (Å²) in [5.74, 6) is -1.12. The van der Waals surface area contributed by atoms with Crippen LogP contribution in [0.25, 0.3) is 0 Å². The lowest BCUT2D eigenvalue weighted by Gasteiger charge is -1.87. The second kappa shape index (κ2) is 7.72. The van der Waals surface area contributed by atoms with Crippen molar-refractivity contribution in [3.05, 3.63) is 0 Å². The van der Waals surface area contributed by atoms with Crippen molar-refractivity contribution in [3.8, 4) is 0 Å². The van der Waals surface area contributed by atoms with Crippen molar-refractivity contribution in [2.24, 2.45) is 0 Å². The van der Waals surface area contributed by atoms with E-state index in [2.05, 4.69) is 4.74 Å². The first-order valence-electron chi connectivity index (χ1n) is 1.82. The minimum atomic E-state index is -0.562. The molecule has 0 heterocycles. The van der Waals surface area contributed by atoms with Crippen molar-refractivity contribution in [1.82, 2.24) is 0 Å². The average molecular weight is 175 g/mol. The molecule has 0 aliphatic rings. The van der Waals surface area contributed by atoms with Gasteiger partial charge in [0.2, 0.25) is 0 Å². The maximum absolute atomic E-state index is 9.81. The molecule has 5 heteroatoms. The molecule has 0 spiro atoms. The average Bonchev–Trinajstić information content (AvgIpc) is 1.27. The van der Waals surface area contributed by atoms with Crippen molar-refractivity contribution in [1.29, 1.82) is 0 Å². The molecule has 0 amide bonds. The minimum Gasteiger partial charge on any atom is -0.394 e. The minimum absolute atomic E-state index is 0. The highest BCUT2D eigenvalue weighted by atomic mass is 35.5. The Kier molecular flexibility index (Phi) is 13.6. The van der Waals surface area contributed by atoms with Crippen LogP contribution >= 0.6 is 24.8 Å². The second-order valence-corrected chi connectivity index (χ2v) is 1.09. The highest BCUT2D eigenvalue weighted by Crippen LogP contribution is 1.73. The first-order valence-corrected chi connectivity index (χ1v) is 1.82. The summed E-state index contributed by atoms with van der Waals surface area (Å²) in [5.41, 5.74) is 0. The van der Waals surface area contributed by atoms with Crippen LogP contribution in [0.5, 0.6) is 0 Å². The normalized spacial score (nSPS) is 6.00. The monoisotopic (exact) mass is 174 g/mol. The van der Waals surface area contributed by atoms with E-state index >= 15 is 0 Å². The van der Waals surface area contributed by atoms with Crippen molar-refractivity contribution >= 4 is 36.8 Å². The smallest absolute Gasteiger partial charge is 0.310 e. The molecule has 0 aromatic heterocycles. The molecule has 0 N–H and O–H groups in total. The van der Waals surface area contributed by atoms with Gasteiger partial charge < -0.3 is 4.74 Å². The van der Waals surface area contributed by atoms with E-state index in [0.717, 1.165) is 0 Å². The Balaban J connectivity index is -0.000000180. The van der Waals surface area contributed by atoms with E-state index in [1.165, 1.54) is 13.8 Å². The van der Waals surface area contributed by atoms with Crippen LogP contribution in [0.2, 0.25) is 0 Å². The summed E-state index contributed by atoms with van der Waals surface area (Å²) < 4.78 is 3.97. The summed E-state index contributed by atoms with van der Waals surface area (Å²) >= 11 is 0. The summed E-state index contributed by atoms with van der Waals surface area (Å²) in [6, 6.07) is 0. The Bertz CT molecular complexity index is 90.0. The predicted octanol–water partition coefficient (Wildman–Crippen LogP) is 0.940. The summed E-state index contributed by atoms with van der Waals surface area (Å²) in [7, 11) is 0. The van der Waals surface area contributed by atoms with Gasteiger partial charge in [-0.2, -0.15) is 0 Å². The van der Waals surface area contributed by atoms with Crippen molar-refractivity contribution in [3.63, 3.8) is 0 Å². The van der Waals surface area contributed by atoms with Crippen LogP contribution in [-0.2, 0) is 14.3 Å². The third-order valence-corrected chi connectivity index (χ3v) is 0.287. The number of hydrogen-bond donors (Lipinski definition) is 0. The van der Waals surface area contributed by atoms with E-state index in [0.29, 0.717) is 0 Å². The molecule has 0 aliphatic heterocycles. The topological polar surface area (TPSA) is 43.4 Å². The zero-order valence-electron chi connectivity index (χ0n) is 5.04. The summed E-state index contributed by atoms with van der Waals surface area (Å²) in [4.78, 5) is 19.6. The second-order valence-electron chi connectivity index (χ2n) is 1.09. The van der Waals surface area contributed by atoms with Gasteiger partial charge in [-0.1, -0.05) is 0 Å². The Morgan fingerprint density at radius 2 is 1.22 bits per heavy atom. The lowest BCUT2D eigenvalue weighted by molar-refractivity contribution is -0.156. The van der Waals surface area contributed by atoms with E-state index in [1.807, 2.05) is 0 Å². The largest absolute Gasteiger partial charge is 0.394 e. The SMILES string of the molecule is CC(=O)OC(C)=O.Cl.Cl. The fourth-order valence-electron chi connectivity index (χ4n) is 0.202. The molecule has 0 unspecified atom stereocenters. The van der Waals surface area contributed by atoms with E-state index in [4.69, 9.17) is 0 Å². The van der Waals surface area contributed by atoms with Crippen molar-refractivity contribution in [2.45, 2.75) is 13.8 Å². The van der Waals surface area contributed by atoms with Crippen LogP contribution in [-0.4, -0.2) is 11.9 Å². The summed E-state index contributed by atoms with van der Waals surface area (Å²) in [6.45, 7) is 2.36.